The normalized spacial score (nSPS) is 11.3. The Morgan fingerprint density at radius 3 is 2.45 bits per heavy atom. The molecule has 0 aliphatic carbocycles. The largest absolute Gasteiger partial charge is 0.491 e. The van der Waals surface area contributed by atoms with Crippen LogP contribution in [0, 0.1) is 0 Å². The number of nitrogen functional groups attached to an aromatic ring is 1. The lowest BCUT2D eigenvalue weighted by molar-refractivity contribution is -0.137. The van der Waals surface area contributed by atoms with Gasteiger partial charge in [-0.15, -0.1) is 0 Å². The summed E-state index contributed by atoms with van der Waals surface area (Å²) in [5.74, 6) is 1.17. The summed E-state index contributed by atoms with van der Waals surface area (Å²) in [5.41, 5.74) is 6.41. The lowest BCUT2D eigenvalue weighted by Crippen LogP contribution is -2.19. The summed E-state index contributed by atoms with van der Waals surface area (Å²) < 4.78 is 56.2. The quantitative estimate of drug-likeness (QED) is 0.136. The summed E-state index contributed by atoms with van der Waals surface area (Å²) in [5, 5.41) is 5.00. The van der Waals surface area contributed by atoms with Crippen LogP contribution in [0.2, 0.25) is 5.02 Å². The average molecular weight is 576 g/mol. The van der Waals surface area contributed by atoms with E-state index in [9.17, 15) is 18.0 Å². The molecule has 0 radical (unpaired) electrons. The first-order valence-corrected chi connectivity index (χ1v) is 12.5. The molecule has 2 amide bonds. The number of aromatic nitrogens is 2. The minimum absolute atomic E-state index is 0.0665. The number of anilines is 3. The maximum atomic E-state index is 13.1. The zero-order valence-corrected chi connectivity index (χ0v) is 22.0. The predicted molar refractivity (Wildman–Crippen MR) is 146 cm³/mol. The van der Waals surface area contributed by atoms with E-state index in [-0.39, 0.29) is 11.6 Å². The highest BCUT2D eigenvalue weighted by Gasteiger charge is 2.33. The van der Waals surface area contributed by atoms with Crippen molar-refractivity contribution in [3.8, 4) is 17.4 Å². The summed E-state index contributed by atoms with van der Waals surface area (Å²) in [6, 6.07) is 12.0. The Labute approximate surface area is 232 Å². The average Bonchev–Trinajstić information content (AvgIpc) is 2.91. The van der Waals surface area contributed by atoms with Crippen molar-refractivity contribution in [3.05, 3.63) is 71.5 Å². The molecule has 40 heavy (non-hydrogen) atoms. The Bertz CT molecular complexity index is 1490. The van der Waals surface area contributed by atoms with E-state index in [0.29, 0.717) is 53.6 Å². The minimum atomic E-state index is -4.65. The van der Waals surface area contributed by atoms with Crippen molar-refractivity contribution in [2.24, 2.45) is 0 Å². The van der Waals surface area contributed by atoms with Crippen LogP contribution in [0.5, 0.6) is 17.4 Å². The van der Waals surface area contributed by atoms with Gasteiger partial charge < -0.3 is 30.6 Å². The summed E-state index contributed by atoms with van der Waals surface area (Å²) in [6.45, 7) is 3.60. The number of nitrogens with two attached hydrogens (primary N) is 1. The van der Waals surface area contributed by atoms with Crippen LogP contribution in [-0.2, 0) is 10.9 Å². The summed E-state index contributed by atoms with van der Waals surface area (Å²) in [7, 11) is 0. The van der Waals surface area contributed by atoms with Crippen molar-refractivity contribution >= 4 is 45.6 Å². The molecule has 4 aromatic rings. The Morgan fingerprint density at radius 1 is 1.00 bits per heavy atom. The van der Waals surface area contributed by atoms with E-state index in [2.05, 4.69) is 20.6 Å². The number of nitrogens with one attached hydrogen (secondary N) is 2. The van der Waals surface area contributed by atoms with Crippen molar-refractivity contribution in [1.29, 1.82) is 0 Å². The first-order chi connectivity index (χ1) is 19.1. The fraction of sp³-hybridized carbons (Fsp3) is 0.222. The van der Waals surface area contributed by atoms with E-state index >= 15 is 0 Å². The van der Waals surface area contributed by atoms with Crippen molar-refractivity contribution in [3.63, 3.8) is 0 Å². The van der Waals surface area contributed by atoms with Gasteiger partial charge in [-0.1, -0.05) is 11.6 Å². The van der Waals surface area contributed by atoms with Crippen molar-refractivity contribution in [2.45, 2.75) is 19.5 Å². The molecule has 210 valence electrons. The van der Waals surface area contributed by atoms with Gasteiger partial charge in [0, 0.05) is 37.1 Å². The van der Waals surface area contributed by atoms with Gasteiger partial charge in [-0.3, -0.25) is 0 Å². The second-order valence-corrected chi connectivity index (χ2v) is 8.79. The van der Waals surface area contributed by atoms with E-state index in [1.807, 2.05) is 6.92 Å². The molecule has 3 aromatic carbocycles. The van der Waals surface area contributed by atoms with Crippen LogP contribution in [0.4, 0.5) is 35.0 Å². The van der Waals surface area contributed by atoms with Crippen LogP contribution in [0.1, 0.15) is 18.9 Å². The molecule has 0 spiro atoms. The topological polar surface area (TPSA) is 121 Å². The first-order valence-electron chi connectivity index (χ1n) is 12.1. The molecule has 4 N–H and O–H groups in total. The Morgan fingerprint density at radius 2 is 1.73 bits per heavy atom. The molecule has 13 heteroatoms. The smallest absolute Gasteiger partial charge is 0.417 e. The van der Waals surface area contributed by atoms with Crippen LogP contribution in [0.3, 0.4) is 0 Å². The SMILES string of the molecule is CCOCCCOc1cc2ncnc(Oc3ccc(NC(=O)Nc4ccc(Cl)c(C(F)(F)F)c4)cc3)c2cc1N. The lowest BCUT2D eigenvalue weighted by atomic mass is 10.2. The number of amides is 2. The first kappa shape index (κ1) is 28.7. The molecular weight excluding hydrogens is 551 g/mol. The maximum Gasteiger partial charge on any atom is 0.417 e. The van der Waals surface area contributed by atoms with E-state index in [1.54, 1.807) is 36.4 Å². The van der Waals surface area contributed by atoms with Gasteiger partial charge in [-0.25, -0.2) is 14.8 Å². The number of hydrogen-bond acceptors (Lipinski definition) is 7. The molecule has 9 nitrogen and oxygen atoms in total. The highest BCUT2D eigenvalue weighted by molar-refractivity contribution is 6.31. The van der Waals surface area contributed by atoms with Gasteiger partial charge in [0.15, 0.2) is 0 Å². The number of fused-ring (bicyclic) bond motifs is 1. The summed E-state index contributed by atoms with van der Waals surface area (Å²) in [4.78, 5) is 20.8. The Balaban J connectivity index is 1.39. The van der Waals surface area contributed by atoms with Gasteiger partial charge >= 0.3 is 12.2 Å². The molecule has 0 saturated heterocycles. The fourth-order valence-electron chi connectivity index (χ4n) is 3.60. The van der Waals surface area contributed by atoms with E-state index in [1.165, 1.54) is 12.4 Å². The molecule has 0 bridgehead atoms. The molecule has 1 heterocycles. The van der Waals surface area contributed by atoms with E-state index < -0.39 is 22.8 Å². The number of halogens is 4. The minimum Gasteiger partial charge on any atom is -0.491 e. The highest BCUT2D eigenvalue weighted by atomic mass is 35.5. The molecule has 1 aromatic heterocycles. The van der Waals surface area contributed by atoms with Crippen LogP contribution in [-0.4, -0.2) is 35.8 Å². The van der Waals surface area contributed by atoms with Gasteiger partial charge in [-0.2, -0.15) is 13.2 Å². The van der Waals surface area contributed by atoms with Gasteiger partial charge in [0.25, 0.3) is 0 Å². The molecular formula is C27H25ClF3N5O4. The second-order valence-electron chi connectivity index (χ2n) is 8.38. The maximum absolute atomic E-state index is 13.1. The lowest BCUT2D eigenvalue weighted by Gasteiger charge is -2.13. The number of benzene rings is 3. The number of rotatable bonds is 10. The highest BCUT2D eigenvalue weighted by Crippen LogP contribution is 2.36. The van der Waals surface area contributed by atoms with Crippen LogP contribution < -0.4 is 25.8 Å². The zero-order valence-electron chi connectivity index (χ0n) is 21.2. The summed E-state index contributed by atoms with van der Waals surface area (Å²) >= 11 is 5.62. The third kappa shape index (κ3) is 7.42. The third-order valence-electron chi connectivity index (χ3n) is 5.48. The monoisotopic (exact) mass is 575 g/mol. The molecule has 4 rings (SSSR count). The zero-order chi connectivity index (χ0) is 28.7. The number of urea groups is 1. The molecule has 0 fully saturated rings. The molecule has 0 aliphatic heterocycles. The molecule has 0 unspecified atom stereocenters. The van der Waals surface area contributed by atoms with Gasteiger partial charge in [0.2, 0.25) is 5.88 Å². The fourth-order valence-corrected chi connectivity index (χ4v) is 3.83. The van der Waals surface area contributed by atoms with Gasteiger partial charge in [0.05, 0.1) is 33.8 Å². The third-order valence-corrected chi connectivity index (χ3v) is 5.81. The molecule has 0 atom stereocenters. The van der Waals surface area contributed by atoms with Crippen molar-refractivity contribution in [1.82, 2.24) is 9.97 Å². The number of ether oxygens (including phenoxy) is 3. The van der Waals surface area contributed by atoms with Gasteiger partial charge in [-0.05, 0) is 55.5 Å². The number of hydrogen-bond donors (Lipinski definition) is 3. The van der Waals surface area contributed by atoms with Crippen LogP contribution in [0.15, 0.2) is 60.9 Å². The van der Waals surface area contributed by atoms with Crippen molar-refractivity contribution < 1.29 is 32.2 Å². The number of carbonyl (C=O) groups excluding carboxylic acids is 1. The van der Waals surface area contributed by atoms with E-state index in [4.69, 9.17) is 31.5 Å². The Hall–Kier alpha value is -4.29. The number of alkyl halides is 3. The van der Waals surface area contributed by atoms with E-state index in [0.717, 1.165) is 18.6 Å². The van der Waals surface area contributed by atoms with Crippen LogP contribution in [0.25, 0.3) is 10.9 Å². The van der Waals surface area contributed by atoms with Crippen LogP contribution >= 0.6 is 11.6 Å². The molecule has 0 saturated carbocycles. The van der Waals surface area contributed by atoms with Gasteiger partial charge in [0.1, 0.15) is 17.8 Å². The molecule has 0 aliphatic rings. The predicted octanol–water partition coefficient (Wildman–Crippen LogP) is 7.13. The standard InChI is InChI=1S/C27H25ClF3N5O4/c1-2-38-10-3-11-39-24-14-23-19(13-22(24)32)25(34-15-33-23)40-18-7-4-16(5-8-18)35-26(37)36-17-6-9-21(28)20(12-17)27(29,30)31/h4-9,12-15H,2-3,10-11,32H2,1H3,(H2,35,36,37). The Kier molecular flexibility index (Phi) is 9.12. The summed E-state index contributed by atoms with van der Waals surface area (Å²) in [6.07, 6.45) is -2.58. The second kappa shape index (κ2) is 12.7. The number of nitrogens with zero attached hydrogens (tertiary/aromatic N) is 2. The number of carbonyl (C=O) groups is 1. The van der Waals surface area contributed by atoms with Crippen molar-refractivity contribution in [2.75, 3.05) is 36.2 Å².